The van der Waals surface area contributed by atoms with Crippen LogP contribution in [0.1, 0.15) is 25.8 Å². The van der Waals surface area contributed by atoms with Gasteiger partial charge in [0.2, 0.25) is 0 Å². The maximum atomic E-state index is 10.6. The van der Waals surface area contributed by atoms with Gasteiger partial charge in [0, 0.05) is 0 Å². The summed E-state index contributed by atoms with van der Waals surface area (Å²) in [5.41, 5.74) is 0.244. The Hall–Kier alpha value is -1.22. The third-order valence-electron chi connectivity index (χ3n) is 2.05. The van der Waals surface area contributed by atoms with Gasteiger partial charge in [0.25, 0.3) is 0 Å². The largest absolute Gasteiger partial charge is 0.486 e. The highest BCUT2D eigenvalue weighted by Gasteiger charge is 2.24. The molecule has 16 heavy (non-hydrogen) atoms. The first-order valence-corrected chi connectivity index (χ1v) is 5.35. The molecule has 0 aliphatic carbocycles. The van der Waals surface area contributed by atoms with Gasteiger partial charge in [0.1, 0.15) is 11.4 Å². The first-order chi connectivity index (χ1) is 7.30. The lowest BCUT2D eigenvalue weighted by molar-refractivity contribution is -0.140. The quantitative estimate of drug-likeness (QED) is 0.881. The van der Waals surface area contributed by atoms with E-state index in [1.54, 1.807) is 26.0 Å². The third kappa shape index (κ3) is 3.74. The minimum Gasteiger partial charge on any atom is -0.486 e. The van der Waals surface area contributed by atoms with Gasteiger partial charge in [-0.3, -0.25) is 4.79 Å². The van der Waals surface area contributed by atoms with Crippen LogP contribution in [0.25, 0.3) is 0 Å². The van der Waals surface area contributed by atoms with Gasteiger partial charge in [-0.2, -0.15) is 0 Å². The van der Waals surface area contributed by atoms with E-state index in [4.69, 9.17) is 21.4 Å². The number of rotatable bonds is 4. The van der Waals surface area contributed by atoms with Crippen LogP contribution in [0.4, 0.5) is 0 Å². The molecule has 1 rings (SSSR count). The number of carbonyl (C=O) groups is 1. The van der Waals surface area contributed by atoms with E-state index in [1.165, 1.54) is 0 Å². The van der Waals surface area contributed by atoms with Crippen LogP contribution in [-0.4, -0.2) is 16.7 Å². The van der Waals surface area contributed by atoms with Crippen molar-refractivity contribution in [3.8, 4) is 5.75 Å². The topological polar surface area (TPSA) is 46.5 Å². The second-order valence-corrected chi connectivity index (χ2v) is 4.77. The van der Waals surface area contributed by atoms with E-state index in [0.717, 1.165) is 5.56 Å². The molecule has 0 amide bonds. The van der Waals surface area contributed by atoms with Crippen LogP contribution in [0.2, 0.25) is 5.02 Å². The van der Waals surface area contributed by atoms with E-state index in [0.29, 0.717) is 10.8 Å². The van der Waals surface area contributed by atoms with Crippen LogP contribution in [0, 0.1) is 6.92 Å². The maximum absolute atomic E-state index is 10.6. The number of aliphatic carboxylic acids is 1. The molecule has 0 radical (unpaired) electrons. The highest BCUT2D eigenvalue weighted by molar-refractivity contribution is 6.32. The standard InChI is InChI=1S/C12H15ClO3/c1-8-4-5-9(13)10(6-8)16-12(2,3)7-11(14)15/h4-6H,7H2,1-3H3,(H,14,15). The van der Waals surface area contributed by atoms with Crippen molar-refractivity contribution in [2.24, 2.45) is 0 Å². The Kier molecular flexibility index (Phi) is 3.81. The molecular weight excluding hydrogens is 228 g/mol. The molecule has 0 spiro atoms. The van der Waals surface area contributed by atoms with Crippen molar-refractivity contribution in [3.63, 3.8) is 0 Å². The molecule has 0 aliphatic heterocycles. The molecule has 0 fully saturated rings. The van der Waals surface area contributed by atoms with E-state index in [2.05, 4.69) is 0 Å². The Morgan fingerprint density at radius 2 is 2.12 bits per heavy atom. The Morgan fingerprint density at radius 3 is 2.69 bits per heavy atom. The van der Waals surface area contributed by atoms with Gasteiger partial charge in [-0.15, -0.1) is 0 Å². The SMILES string of the molecule is Cc1ccc(Cl)c(OC(C)(C)CC(=O)O)c1. The summed E-state index contributed by atoms with van der Waals surface area (Å²) in [6.45, 7) is 5.37. The number of hydrogen-bond donors (Lipinski definition) is 1. The summed E-state index contributed by atoms with van der Waals surface area (Å²) in [4.78, 5) is 10.6. The van der Waals surface area contributed by atoms with Gasteiger partial charge in [0.15, 0.2) is 0 Å². The fraction of sp³-hybridized carbons (Fsp3) is 0.417. The number of carboxylic acid groups (broad SMARTS) is 1. The lowest BCUT2D eigenvalue weighted by Crippen LogP contribution is -2.31. The normalized spacial score (nSPS) is 11.2. The third-order valence-corrected chi connectivity index (χ3v) is 2.36. The summed E-state index contributed by atoms with van der Waals surface area (Å²) in [7, 11) is 0. The van der Waals surface area contributed by atoms with Crippen molar-refractivity contribution in [3.05, 3.63) is 28.8 Å². The summed E-state index contributed by atoms with van der Waals surface area (Å²) in [6.07, 6.45) is -0.0722. The Labute approximate surface area is 100.0 Å². The van der Waals surface area contributed by atoms with Crippen molar-refractivity contribution in [2.45, 2.75) is 32.8 Å². The zero-order valence-electron chi connectivity index (χ0n) is 9.58. The van der Waals surface area contributed by atoms with Crippen molar-refractivity contribution in [2.75, 3.05) is 0 Å². The van der Waals surface area contributed by atoms with E-state index in [9.17, 15) is 4.79 Å². The van der Waals surface area contributed by atoms with E-state index in [-0.39, 0.29) is 6.42 Å². The van der Waals surface area contributed by atoms with E-state index >= 15 is 0 Å². The van der Waals surface area contributed by atoms with E-state index < -0.39 is 11.6 Å². The van der Waals surface area contributed by atoms with Crippen LogP contribution in [0.5, 0.6) is 5.75 Å². The molecule has 3 nitrogen and oxygen atoms in total. The van der Waals surface area contributed by atoms with Gasteiger partial charge >= 0.3 is 5.97 Å². The lowest BCUT2D eigenvalue weighted by Gasteiger charge is -2.25. The average Bonchev–Trinajstić information content (AvgIpc) is 2.08. The second-order valence-electron chi connectivity index (χ2n) is 4.37. The fourth-order valence-electron chi connectivity index (χ4n) is 1.39. The van der Waals surface area contributed by atoms with Crippen LogP contribution in [0.3, 0.4) is 0 Å². The predicted octanol–water partition coefficient (Wildman–Crippen LogP) is 3.28. The summed E-state index contributed by atoms with van der Waals surface area (Å²) in [6, 6.07) is 5.41. The van der Waals surface area contributed by atoms with Crippen LogP contribution >= 0.6 is 11.6 Å². The van der Waals surface area contributed by atoms with Crippen molar-refractivity contribution in [1.82, 2.24) is 0 Å². The van der Waals surface area contributed by atoms with Crippen LogP contribution < -0.4 is 4.74 Å². The molecule has 88 valence electrons. The summed E-state index contributed by atoms with van der Waals surface area (Å²) >= 11 is 5.97. The number of ether oxygens (including phenoxy) is 1. The molecule has 1 aromatic carbocycles. The molecule has 0 aliphatic rings. The molecule has 0 heterocycles. The molecule has 0 bridgehead atoms. The Bertz CT molecular complexity index is 399. The Morgan fingerprint density at radius 1 is 1.50 bits per heavy atom. The first-order valence-electron chi connectivity index (χ1n) is 4.97. The van der Waals surface area contributed by atoms with Gasteiger partial charge < -0.3 is 9.84 Å². The highest BCUT2D eigenvalue weighted by atomic mass is 35.5. The number of halogens is 1. The Balaban J connectivity index is 2.86. The average molecular weight is 243 g/mol. The molecule has 0 unspecified atom stereocenters. The van der Waals surface area contributed by atoms with Crippen LogP contribution in [0.15, 0.2) is 18.2 Å². The number of hydrogen-bond acceptors (Lipinski definition) is 2. The van der Waals surface area contributed by atoms with Gasteiger partial charge in [-0.1, -0.05) is 17.7 Å². The maximum Gasteiger partial charge on any atom is 0.307 e. The highest BCUT2D eigenvalue weighted by Crippen LogP contribution is 2.29. The molecule has 4 heteroatoms. The molecule has 1 N–H and O–H groups in total. The summed E-state index contributed by atoms with van der Waals surface area (Å²) in [5.74, 6) is -0.373. The number of carboxylic acids is 1. The van der Waals surface area contributed by atoms with E-state index in [1.807, 2.05) is 13.0 Å². The van der Waals surface area contributed by atoms with Gasteiger partial charge in [-0.25, -0.2) is 0 Å². The van der Waals surface area contributed by atoms with Crippen molar-refractivity contribution >= 4 is 17.6 Å². The summed E-state index contributed by atoms with van der Waals surface area (Å²) < 4.78 is 5.61. The predicted molar refractivity (Wildman–Crippen MR) is 63.1 cm³/mol. The zero-order chi connectivity index (χ0) is 12.3. The first kappa shape index (κ1) is 12.8. The van der Waals surface area contributed by atoms with Crippen molar-refractivity contribution < 1.29 is 14.6 Å². The molecule has 0 atom stereocenters. The summed E-state index contributed by atoms with van der Waals surface area (Å²) in [5, 5.41) is 9.23. The van der Waals surface area contributed by atoms with Gasteiger partial charge in [-0.05, 0) is 38.5 Å². The molecule has 0 saturated heterocycles. The van der Waals surface area contributed by atoms with Crippen LogP contribution in [-0.2, 0) is 4.79 Å². The number of aryl methyl sites for hydroxylation is 1. The fourth-order valence-corrected chi connectivity index (χ4v) is 1.54. The lowest BCUT2D eigenvalue weighted by atomic mass is 10.1. The molecule has 0 saturated carbocycles. The minimum absolute atomic E-state index is 0.0722. The smallest absolute Gasteiger partial charge is 0.307 e. The number of benzene rings is 1. The van der Waals surface area contributed by atoms with Gasteiger partial charge in [0.05, 0.1) is 11.4 Å². The molecular formula is C12H15ClO3. The molecule has 1 aromatic rings. The monoisotopic (exact) mass is 242 g/mol. The van der Waals surface area contributed by atoms with Crippen molar-refractivity contribution in [1.29, 1.82) is 0 Å². The zero-order valence-corrected chi connectivity index (χ0v) is 10.3. The minimum atomic E-state index is -0.895. The second kappa shape index (κ2) is 4.74. The molecule has 0 aromatic heterocycles.